The van der Waals surface area contributed by atoms with Crippen molar-refractivity contribution < 1.29 is 9.21 Å². The fourth-order valence-corrected chi connectivity index (χ4v) is 2.49. The summed E-state index contributed by atoms with van der Waals surface area (Å²) in [5.41, 5.74) is 5.70. The Hall–Kier alpha value is -3.02. The Morgan fingerprint density at radius 1 is 1.46 bits per heavy atom. The molecule has 1 aliphatic rings. The molecule has 0 radical (unpaired) electrons. The Bertz CT molecular complexity index is 787. The quantitative estimate of drug-likeness (QED) is 0.524. The largest absolute Gasteiger partial charge is 0.434 e. The highest BCUT2D eigenvalue weighted by molar-refractivity contribution is 6.30. The number of carbonyl (C=O) groups is 1. The molecule has 150 valence electrons. The smallest absolute Gasteiger partial charge is 0.260 e. The van der Waals surface area contributed by atoms with Gasteiger partial charge in [-0.1, -0.05) is 23.7 Å². The first-order valence-corrected chi connectivity index (χ1v) is 8.98. The predicted octanol–water partition coefficient (Wildman–Crippen LogP) is 2.20. The van der Waals surface area contributed by atoms with E-state index in [4.69, 9.17) is 27.0 Å². The van der Waals surface area contributed by atoms with Gasteiger partial charge in [-0.3, -0.25) is 4.79 Å². The number of nitrogens with two attached hydrogens (primary N) is 1. The Balaban J connectivity index is 0.000000241. The molecule has 2 heterocycles. The summed E-state index contributed by atoms with van der Waals surface area (Å²) >= 11 is 5.80. The highest BCUT2D eigenvalue weighted by Gasteiger charge is 2.18. The van der Waals surface area contributed by atoms with Gasteiger partial charge in [-0.15, -0.1) is 0 Å². The number of rotatable bonds is 4. The lowest BCUT2D eigenvalue weighted by atomic mass is 10.2. The number of carbonyl (C=O) groups excluding carboxylic acids is 1. The molecule has 3 rings (SSSR count). The van der Waals surface area contributed by atoms with Gasteiger partial charge in [0.25, 0.3) is 5.89 Å². The third-order valence-electron chi connectivity index (χ3n) is 3.73. The second-order valence-electron chi connectivity index (χ2n) is 5.66. The van der Waals surface area contributed by atoms with E-state index in [9.17, 15) is 4.79 Å². The van der Waals surface area contributed by atoms with Crippen LogP contribution in [0.15, 0.2) is 47.3 Å². The van der Waals surface area contributed by atoms with Crippen molar-refractivity contribution in [2.45, 2.75) is 12.5 Å². The molecule has 4 N–H and O–H groups in total. The summed E-state index contributed by atoms with van der Waals surface area (Å²) in [5, 5.41) is 14.9. The number of oxazole rings is 1. The van der Waals surface area contributed by atoms with Crippen molar-refractivity contribution in [1.29, 1.82) is 5.26 Å². The fraction of sp³-hybridized carbons (Fsp3) is 0.316. The number of hydrogen-bond donors (Lipinski definition) is 3. The molecule has 8 nitrogen and oxygen atoms in total. The second kappa shape index (κ2) is 13.2. The van der Waals surface area contributed by atoms with E-state index in [0.29, 0.717) is 23.1 Å². The zero-order valence-corrected chi connectivity index (χ0v) is 16.7. The van der Waals surface area contributed by atoms with Crippen molar-refractivity contribution in [3.63, 3.8) is 0 Å². The maximum Gasteiger partial charge on any atom is 0.260 e. The predicted molar refractivity (Wildman–Crippen MR) is 109 cm³/mol. The molecule has 1 fully saturated rings. The summed E-state index contributed by atoms with van der Waals surface area (Å²) in [5.74, 6) is 0.606. The molecule has 1 saturated heterocycles. The van der Waals surface area contributed by atoms with E-state index in [-0.39, 0.29) is 5.89 Å². The van der Waals surface area contributed by atoms with Crippen molar-refractivity contribution in [2.24, 2.45) is 5.73 Å². The van der Waals surface area contributed by atoms with Crippen molar-refractivity contribution in [2.75, 3.05) is 27.2 Å². The number of benzene rings is 1. The van der Waals surface area contributed by atoms with E-state index in [1.807, 2.05) is 13.1 Å². The van der Waals surface area contributed by atoms with E-state index in [2.05, 4.69) is 21.8 Å². The molecule has 0 bridgehead atoms. The van der Waals surface area contributed by atoms with Crippen LogP contribution >= 0.6 is 11.6 Å². The molecule has 0 spiro atoms. The monoisotopic (exact) mass is 404 g/mol. The normalized spacial score (nSPS) is 15.1. The van der Waals surface area contributed by atoms with Crippen LogP contribution in [-0.2, 0) is 0 Å². The van der Waals surface area contributed by atoms with E-state index < -0.39 is 0 Å². The molecule has 9 heteroatoms. The summed E-state index contributed by atoms with van der Waals surface area (Å²) in [4.78, 5) is 15.9. The van der Waals surface area contributed by atoms with Crippen LogP contribution in [-0.4, -0.2) is 49.4 Å². The van der Waals surface area contributed by atoms with Gasteiger partial charge in [0.05, 0.1) is 6.20 Å². The van der Waals surface area contributed by atoms with Crippen molar-refractivity contribution in [1.82, 2.24) is 20.5 Å². The minimum atomic E-state index is 0.0694. The zero-order valence-electron chi connectivity index (χ0n) is 15.9. The van der Waals surface area contributed by atoms with Crippen LogP contribution in [0.2, 0.25) is 5.02 Å². The number of nitrogens with one attached hydrogen (secondary N) is 2. The standard InChI is InChI=1S/C10H6ClNO2.C6H11N3.C3H8N2/c11-8-3-1-2-7(4-8)9-5-12-10(6-13)14-9;1-8-6-2-3-9(4-6)5-7;1-5-3-2-4/h1-6H;6,8H,2-4H2,1H3;2-3,5H,4H2,1H3/b;;3-2-. The SMILES string of the molecule is CN/C=C\N.CNC1CCN(C#N)C1.O=Cc1ncc(-c2cccc(Cl)c2)o1. The van der Waals surface area contributed by atoms with Crippen LogP contribution in [0.1, 0.15) is 17.1 Å². The van der Waals surface area contributed by atoms with Crippen molar-refractivity contribution >= 4 is 17.9 Å². The number of likely N-dealkylation sites (N-methyl/N-ethyl adjacent to an activating group) is 1. The number of nitrogens with zero attached hydrogens (tertiary/aromatic N) is 3. The fourth-order valence-electron chi connectivity index (χ4n) is 2.30. The highest BCUT2D eigenvalue weighted by atomic mass is 35.5. The second-order valence-corrected chi connectivity index (χ2v) is 6.10. The summed E-state index contributed by atoms with van der Waals surface area (Å²) < 4.78 is 5.14. The summed E-state index contributed by atoms with van der Waals surface area (Å²) in [7, 11) is 3.73. The molecule has 0 aliphatic carbocycles. The molecule has 0 amide bonds. The van der Waals surface area contributed by atoms with Crippen molar-refractivity contribution in [3.05, 3.63) is 53.8 Å². The van der Waals surface area contributed by atoms with Crippen LogP contribution in [0, 0.1) is 11.5 Å². The number of hydrogen-bond acceptors (Lipinski definition) is 8. The molecule has 1 aliphatic heterocycles. The number of halogens is 1. The topological polar surface area (TPSA) is 120 Å². The third kappa shape index (κ3) is 8.12. The maximum absolute atomic E-state index is 10.3. The van der Waals surface area contributed by atoms with Gasteiger partial charge in [-0.2, -0.15) is 5.26 Å². The Kier molecular flexibility index (Phi) is 10.8. The molecule has 1 atom stereocenters. The average Bonchev–Trinajstić information content (AvgIpc) is 3.39. The van der Waals surface area contributed by atoms with Crippen LogP contribution in [0.25, 0.3) is 11.3 Å². The average molecular weight is 405 g/mol. The first-order valence-electron chi connectivity index (χ1n) is 8.60. The van der Waals surface area contributed by atoms with E-state index in [1.165, 1.54) is 12.4 Å². The van der Waals surface area contributed by atoms with Gasteiger partial charge >= 0.3 is 0 Å². The molecule has 1 aromatic heterocycles. The molecule has 1 aromatic carbocycles. The Morgan fingerprint density at radius 3 is 2.68 bits per heavy atom. The molecule has 28 heavy (non-hydrogen) atoms. The summed E-state index contributed by atoms with van der Waals surface area (Å²) in [6.45, 7) is 1.80. The Morgan fingerprint density at radius 2 is 2.25 bits per heavy atom. The van der Waals surface area contributed by atoms with E-state index in [1.54, 1.807) is 36.3 Å². The lowest BCUT2D eigenvalue weighted by molar-refractivity contribution is 0.109. The number of nitriles is 1. The number of aldehydes is 1. The van der Waals surface area contributed by atoms with Crippen molar-refractivity contribution in [3.8, 4) is 17.5 Å². The maximum atomic E-state index is 10.3. The molecule has 0 saturated carbocycles. The third-order valence-corrected chi connectivity index (χ3v) is 3.97. The van der Waals surface area contributed by atoms with Gasteiger partial charge in [0.1, 0.15) is 0 Å². The Labute approximate surface area is 170 Å². The number of likely N-dealkylation sites (tertiary alicyclic amines) is 1. The van der Waals surface area contributed by atoms with Gasteiger partial charge in [-0.25, -0.2) is 4.98 Å². The van der Waals surface area contributed by atoms with Gasteiger partial charge in [0.2, 0.25) is 6.29 Å². The van der Waals surface area contributed by atoms with E-state index in [0.717, 1.165) is 25.1 Å². The van der Waals surface area contributed by atoms with Gasteiger partial charge in [0, 0.05) is 49.2 Å². The lowest BCUT2D eigenvalue weighted by Crippen LogP contribution is -2.27. The summed E-state index contributed by atoms with van der Waals surface area (Å²) in [6.07, 6.45) is 8.38. The highest BCUT2D eigenvalue weighted by Crippen LogP contribution is 2.22. The van der Waals surface area contributed by atoms with Gasteiger partial charge in [0.15, 0.2) is 12.0 Å². The van der Waals surface area contributed by atoms with Crippen LogP contribution in [0.5, 0.6) is 0 Å². The molecule has 1 unspecified atom stereocenters. The minimum absolute atomic E-state index is 0.0694. The molecular formula is C19H25ClN6O2. The summed E-state index contributed by atoms with van der Waals surface area (Å²) in [6, 6.07) is 7.69. The van der Waals surface area contributed by atoms with Crippen LogP contribution < -0.4 is 16.4 Å². The van der Waals surface area contributed by atoms with Crippen LogP contribution in [0.4, 0.5) is 0 Å². The number of aromatic nitrogens is 1. The molecule has 2 aromatic rings. The zero-order chi connectivity index (χ0) is 20.8. The van der Waals surface area contributed by atoms with Crippen LogP contribution in [0.3, 0.4) is 0 Å². The minimum Gasteiger partial charge on any atom is -0.434 e. The molecular weight excluding hydrogens is 380 g/mol. The first-order chi connectivity index (χ1) is 13.6. The first kappa shape index (κ1) is 23.0. The van der Waals surface area contributed by atoms with Gasteiger partial charge in [-0.05, 0) is 25.6 Å². The van der Waals surface area contributed by atoms with E-state index >= 15 is 0 Å². The van der Waals surface area contributed by atoms with Gasteiger partial charge < -0.3 is 25.7 Å². The lowest BCUT2D eigenvalue weighted by Gasteiger charge is -2.06.